The predicted molar refractivity (Wildman–Crippen MR) is 87.4 cm³/mol. The van der Waals surface area contributed by atoms with Crippen molar-refractivity contribution in [1.29, 1.82) is 0 Å². The Kier molecular flexibility index (Phi) is 4.41. The largest absolute Gasteiger partial charge is 0.342 e. The number of carbonyl (C=O) groups is 2. The fourth-order valence-corrected chi connectivity index (χ4v) is 2.79. The monoisotopic (exact) mass is 312 g/mol. The van der Waals surface area contributed by atoms with Gasteiger partial charge in [-0.15, -0.1) is 0 Å². The van der Waals surface area contributed by atoms with Crippen molar-refractivity contribution >= 4 is 17.5 Å². The summed E-state index contributed by atoms with van der Waals surface area (Å²) >= 11 is 0. The van der Waals surface area contributed by atoms with Crippen LogP contribution in [0, 0.1) is 0 Å². The maximum absolute atomic E-state index is 12.4. The molecule has 0 saturated heterocycles. The van der Waals surface area contributed by atoms with Crippen LogP contribution in [0.5, 0.6) is 0 Å². The molecule has 1 aromatic heterocycles. The van der Waals surface area contributed by atoms with E-state index >= 15 is 0 Å². The normalized spacial score (nSPS) is 13.5. The number of aromatic nitrogens is 2. The van der Waals surface area contributed by atoms with Gasteiger partial charge in [-0.2, -0.15) is 5.10 Å². The van der Waals surface area contributed by atoms with Gasteiger partial charge in [-0.25, -0.2) is 0 Å². The summed E-state index contributed by atoms with van der Waals surface area (Å²) in [5, 5.41) is 6.79. The van der Waals surface area contributed by atoms with Crippen LogP contribution in [-0.4, -0.2) is 34.7 Å². The summed E-state index contributed by atoms with van der Waals surface area (Å²) in [6.45, 7) is 3.32. The molecule has 0 saturated carbocycles. The molecule has 2 heterocycles. The number of para-hydroxylation sites is 1. The number of amides is 2. The molecule has 1 aliphatic heterocycles. The Balaban J connectivity index is 1.63. The van der Waals surface area contributed by atoms with Crippen LogP contribution in [0.25, 0.3) is 0 Å². The third kappa shape index (κ3) is 3.26. The van der Waals surface area contributed by atoms with Crippen LogP contribution in [0.15, 0.2) is 36.5 Å². The van der Waals surface area contributed by atoms with Gasteiger partial charge in [0, 0.05) is 25.0 Å². The Morgan fingerprint density at radius 1 is 1.26 bits per heavy atom. The van der Waals surface area contributed by atoms with Crippen molar-refractivity contribution in [1.82, 2.24) is 15.1 Å². The molecular weight excluding hydrogens is 292 g/mol. The maximum Gasteiger partial charge on any atom is 0.272 e. The second-order valence-electron chi connectivity index (χ2n) is 5.52. The number of rotatable bonds is 4. The van der Waals surface area contributed by atoms with Crippen LogP contribution in [0.4, 0.5) is 5.69 Å². The van der Waals surface area contributed by atoms with Gasteiger partial charge >= 0.3 is 0 Å². The topological polar surface area (TPSA) is 67.2 Å². The van der Waals surface area contributed by atoms with E-state index in [-0.39, 0.29) is 18.4 Å². The average molecular weight is 312 g/mol. The molecule has 0 unspecified atom stereocenters. The van der Waals surface area contributed by atoms with E-state index in [4.69, 9.17) is 0 Å². The molecule has 23 heavy (non-hydrogen) atoms. The molecule has 0 atom stereocenters. The molecule has 0 bridgehead atoms. The number of fused-ring (bicyclic) bond motifs is 1. The molecule has 2 aromatic rings. The number of nitrogens with one attached hydrogen (secondary N) is 1. The molecular formula is C17H20N4O2. The Morgan fingerprint density at radius 2 is 2.09 bits per heavy atom. The lowest BCUT2D eigenvalue weighted by atomic mass is 10.0. The lowest BCUT2D eigenvalue weighted by Crippen LogP contribution is -2.42. The van der Waals surface area contributed by atoms with E-state index in [9.17, 15) is 9.59 Å². The van der Waals surface area contributed by atoms with Gasteiger partial charge in [-0.1, -0.05) is 18.2 Å². The second-order valence-corrected chi connectivity index (χ2v) is 5.52. The number of nitrogens with zero attached hydrogens (tertiary/aromatic N) is 3. The van der Waals surface area contributed by atoms with E-state index in [0.717, 1.165) is 18.5 Å². The molecule has 0 spiro atoms. The van der Waals surface area contributed by atoms with Crippen LogP contribution < -0.4 is 10.2 Å². The van der Waals surface area contributed by atoms with E-state index in [1.54, 1.807) is 21.8 Å². The molecule has 2 amide bonds. The van der Waals surface area contributed by atoms with Gasteiger partial charge in [0.25, 0.3) is 5.91 Å². The van der Waals surface area contributed by atoms with Crippen LogP contribution in [0.1, 0.15) is 29.4 Å². The minimum absolute atomic E-state index is 0.0217. The van der Waals surface area contributed by atoms with E-state index in [2.05, 4.69) is 10.4 Å². The van der Waals surface area contributed by atoms with Crippen molar-refractivity contribution < 1.29 is 9.59 Å². The number of anilines is 1. The first-order valence-corrected chi connectivity index (χ1v) is 7.89. The molecule has 0 aliphatic carbocycles. The zero-order valence-electron chi connectivity index (χ0n) is 13.2. The van der Waals surface area contributed by atoms with E-state index in [1.165, 1.54) is 5.56 Å². The van der Waals surface area contributed by atoms with Gasteiger partial charge in [-0.05, 0) is 37.5 Å². The zero-order valence-corrected chi connectivity index (χ0v) is 13.2. The van der Waals surface area contributed by atoms with Crippen LogP contribution >= 0.6 is 0 Å². The van der Waals surface area contributed by atoms with Gasteiger partial charge in [0.05, 0.1) is 6.54 Å². The predicted octanol–water partition coefficient (Wildman–Crippen LogP) is 1.61. The summed E-state index contributed by atoms with van der Waals surface area (Å²) < 4.78 is 1.68. The Morgan fingerprint density at radius 3 is 2.87 bits per heavy atom. The minimum Gasteiger partial charge on any atom is -0.342 e. The highest BCUT2D eigenvalue weighted by Gasteiger charge is 2.22. The minimum atomic E-state index is -0.323. The molecule has 0 radical (unpaired) electrons. The number of hydrogen-bond donors (Lipinski definition) is 1. The van der Waals surface area contributed by atoms with Gasteiger partial charge in [0.1, 0.15) is 5.69 Å². The number of aryl methyl sites for hydroxylation is 2. The quantitative estimate of drug-likeness (QED) is 0.932. The Labute approximate surface area is 135 Å². The number of carbonyl (C=O) groups excluding carboxylic acids is 2. The van der Waals surface area contributed by atoms with Crippen molar-refractivity contribution in [2.24, 2.45) is 0 Å². The highest BCUT2D eigenvalue weighted by Crippen LogP contribution is 2.26. The van der Waals surface area contributed by atoms with Gasteiger partial charge < -0.3 is 10.2 Å². The van der Waals surface area contributed by atoms with E-state index < -0.39 is 0 Å². The first kappa shape index (κ1) is 15.3. The summed E-state index contributed by atoms with van der Waals surface area (Å²) in [7, 11) is 0. The molecule has 6 nitrogen and oxygen atoms in total. The van der Waals surface area contributed by atoms with Crippen molar-refractivity contribution in [2.75, 3.05) is 18.0 Å². The Hall–Kier alpha value is -2.63. The molecule has 6 heteroatoms. The average Bonchev–Trinajstić information content (AvgIpc) is 3.08. The molecule has 1 N–H and O–H groups in total. The first-order chi connectivity index (χ1) is 11.2. The fraction of sp³-hybridized carbons (Fsp3) is 0.353. The van der Waals surface area contributed by atoms with Gasteiger partial charge in [0.15, 0.2) is 0 Å². The lowest BCUT2D eigenvalue weighted by Gasteiger charge is -2.29. The summed E-state index contributed by atoms with van der Waals surface area (Å²) in [6.07, 6.45) is 3.68. The summed E-state index contributed by atoms with van der Waals surface area (Å²) in [4.78, 5) is 26.2. The number of benzene rings is 1. The van der Waals surface area contributed by atoms with Crippen LogP contribution in [-0.2, 0) is 17.8 Å². The zero-order chi connectivity index (χ0) is 16.2. The summed E-state index contributed by atoms with van der Waals surface area (Å²) in [6, 6.07) is 9.57. The first-order valence-electron chi connectivity index (χ1n) is 7.89. The van der Waals surface area contributed by atoms with E-state index in [1.807, 2.05) is 31.2 Å². The standard InChI is InChI=1S/C17H20N4O2/c1-2-20-11-9-14(19-20)17(23)18-12-16(22)21-10-5-7-13-6-3-4-8-15(13)21/h3-4,6,8-9,11H,2,5,7,10,12H2,1H3,(H,18,23). The van der Waals surface area contributed by atoms with Crippen molar-refractivity contribution in [3.05, 3.63) is 47.8 Å². The van der Waals surface area contributed by atoms with Gasteiger partial charge in [0.2, 0.25) is 5.91 Å². The highest BCUT2D eigenvalue weighted by molar-refractivity contribution is 6.00. The second kappa shape index (κ2) is 6.64. The van der Waals surface area contributed by atoms with Crippen molar-refractivity contribution in [3.8, 4) is 0 Å². The third-order valence-electron chi connectivity index (χ3n) is 4.01. The van der Waals surface area contributed by atoms with Gasteiger partial charge in [-0.3, -0.25) is 14.3 Å². The third-order valence-corrected chi connectivity index (χ3v) is 4.01. The highest BCUT2D eigenvalue weighted by atomic mass is 16.2. The fourth-order valence-electron chi connectivity index (χ4n) is 2.79. The van der Waals surface area contributed by atoms with Crippen LogP contribution in [0.3, 0.4) is 0 Å². The van der Waals surface area contributed by atoms with Crippen molar-refractivity contribution in [2.45, 2.75) is 26.3 Å². The maximum atomic E-state index is 12.4. The molecule has 0 fully saturated rings. The lowest BCUT2D eigenvalue weighted by molar-refractivity contribution is -0.117. The molecule has 3 rings (SSSR count). The summed E-state index contributed by atoms with van der Waals surface area (Å²) in [5.41, 5.74) is 2.46. The van der Waals surface area contributed by atoms with Crippen molar-refractivity contribution in [3.63, 3.8) is 0 Å². The SMILES string of the molecule is CCn1ccc(C(=O)NCC(=O)N2CCCc3ccccc32)n1. The Bertz CT molecular complexity index is 723. The molecule has 1 aromatic carbocycles. The van der Waals surface area contributed by atoms with Crippen LogP contribution in [0.2, 0.25) is 0 Å². The smallest absolute Gasteiger partial charge is 0.272 e. The summed E-state index contributed by atoms with van der Waals surface area (Å²) in [5.74, 6) is -0.420. The molecule has 1 aliphatic rings. The van der Waals surface area contributed by atoms with E-state index in [0.29, 0.717) is 18.8 Å². The molecule has 120 valence electrons. The number of hydrogen-bond acceptors (Lipinski definition) is 3.